The fraction of sp³-hybridized carbons (Fsp3) is 0.390. The lowest BCUT2D eigenvalue weighted by Crippen LogP contribution is -2.35. The molecule has 15 heteroatoms. The Bertz CT molecular complexity index is 1750. The number of amides is 4. The number of imide groups is 1. The minimum Gasteiger partial charge on any atom is -0.462 e. The van der Waals surface area contributed by atoms with Gasteiger partial charge in [0.2, 0.25) is 5.91 Å². The van der Waals surface area contributed by atoms with Gasteiger partial charge in [-0.3, -0.25) is 24.1 Å². The number of aryl methyl sites for hydroxylation is 2. The van der Waals surface area contributed by atoms with Crippen LogP contribution in [0, 0.1) is 0 Å². The van der Waals surface area contributed by atoms with Crippen LogP contribution >= 0.6 is 58.0 Å². The van der Waals surface area contributed by atoms with E-state index in [0.29, 0.717) is 53.4 Å². The molecule has 304 valence electrons. The summed E-state index contributed by atoms with van der Waals surface area (Å²) in [6.45, 7) is 14.1. The predicted octanol–water partition coefficient (Wildman–Crippen LogP) is 9.20. The molecule has 10 nitrogen and oxygen atoms in total. The van der Waals surface area contributed by atoms with E-state index in [1.165, 1.54) is 15.9 Å². The van der Waals surface area contributed by atoms with Gasteiger partial charge in [-0.05, 0) is 86.4 Å². The van der Waals surface area contributed by atoms with Crippen LogP contribution in [0.15, 0.2) is 77.9 Å². The highest BCUT2D eigenvalue weighted by Gasteiger charge is 2.39. The molecule has 4 rings (SSSR count). The minimum atomic E-state index is -1.01. The average Bonchev–Trinajstić information content (AvgIpc) is 3.45. The zero-order chi connectivity index (χ0) is 41.9. The molecule has 1 heterocycles. The Morgan fingerprint density at radius 3 is 1.93 bits per heavy atom. The Morgan fingerprint density at radius 2 is 1.48 bits per heavy atom. The maximum Gasteiger partial charge on any atom is 0.349 e. The second kappa shape index (κ2) is 24.9. The van der Waals surface area contributed by atoms with Crippen LogP contribution in [0.25, 0.3) is 6.08 Å². The Balaban J connectivity index is 0.000000315. The molecule has 2 aliphatic rings. The smallest absolute Gasteiger partial charge is 0.349 e. The molecule has 0 unspecified atom stereocenters. The summed E-state index contributed by atoms with van der Waals surface area (Å²) in [5.74, 6) is -1.71. The molecule has 1 aliphatic carbocycles. The van der Waals surface area contributed by atoms with Crippen molar-refractivity contribution in [2.24, 2.45) is 0 Å². The van der Waals surface area contributed by atoms with E-state index in [0.717, 1.165) is 42.5 Å². The Morgan fingerprint density at radius 1 is 0.929 bits per heavy atom. The number of ether oxygens (including phenoxy) is 2. The average molecular weight is 872 g/mol. The van der Waals surface area contributed by atoms with Gasteiger partial charge >= 0.3 is 5.97 Å². The highest BCUT2D eigenvalue weighted by molar-refractivity contribution is 6.53. The highest BCUT2D eigenvalue weighted by atomic mass is 35.5. The number of alkyl halides is 3. The monoisotopic (exact) mass is 869 g/mol. The van der Waals surface area contributed by atoms with Crippen molar-refractivity contribution in [2.75, 3.05) is 49.2 Å². The number of nitrogens with zero attached hydrogens (tertiary/aromatic N) is 3. The van der Waals surface area contributed by atoms with Crippen molar-refractivity contribution in [3.8, 4) is 0 Å². The SMILES string of the molecule is C=CCN(CC=C)C(=O)C(Cl)Cl.CCOC(=O)/C(Cl)=C/c1cc(N2C(=O)C3=C(CCCC3)C2=O)ccc1Cl.CCc1cccc(CC)c1N(COC)C(=O)CCl. The summed E-state index contributed by atoms with van der Waals surface area (Å²) in [4.78, 5) is 63.4. The number of rotatable bonds is 15. The van der Waals surface area contributed by atoms with Gasteiger partial charge in [0, 0.05) is 36.4 Å². The normalized spacial score (nSPS) is 13.6. The van der Waals surface area contributed by atoms with Crippen molar-refractivity contribution in [1.82, 2.24) is 4.90 Å². The number of benzene rings is 2. The molecule has 0 saturated heterocycles. The molecule has 0 aromatic heterocycles. The summed E-state index contributed by atoms with van der Waals surface area (Å²) < 4.78 is 9.96. The van der Waals surface area contributed by atoms with Crippen LogP contribution in [0.3, 0.4) is 0 Å². The van der Waals surface area contributed by atoms with Crippen molar-refractivity contribution >= 4 is 105 Å². The molecule has 2 aromatic carbocycles. The van der Waals surface area contributed by atoms with E-state index < -0.39 is 10.8 Å². The largest absolute Gasteiger partial charge is 0.462 e. The third-order valence-electron chi connectivity index (χ3n) is 8.49. The van der Waals surface area contributed by atoms with Crippen LogP contribution in [0.4, 0.5) is 11.4 Å². The van der Waals surface area contributed by atoms with Crippen molar-refractivity contribution < 1.29 is 33.4 Å². The number of halogens is 5. The summed E-state index contributed by atoms with van der Waals surface area (Å²) in [5, 5.41) is 0.204. The molecule has 0 atom stereocenters. The molecule has 0 N–H and O–H groups in total. The number of methoxy groups -OCH3 is 1. The lowest BCUT2D eigenvalue weighted by Gasteiger charge is -2.26. The molecule has 4 amide bonds. The number of esters is 1. The molecule has 0 fully saturated rings. The summed E-state index contributed by atoms with van der Waals surface area (Å²) in [6, 6.07) is 10.8. The molecule has 2 aromatic rings. The van der Waals surface area contributed by atoms with Gasteiger partial charge in [0.1, 0.15) is 17.6 Å². The molecule has 0 radical (unpaired) electrons. The van der Waals surface area contributed by atoms with Gasteiger partial charge in [-0.25, -0.2) is 9.69 Å². The Labute approximate surface area is 354 Å². The topological polar surface area (TPSA) is 114 Å². The van der Waals surface area contributed by atoms with Crippen molar-refractivity contribution in [2.45, 2.75) is 64.1 Å². The third kappa shape index (κ3) is 13.2. The predicted molar refractivity (Wildman–Crippen MR) is 228 cm³/mol. The molecule has 0 saturated carbocycles. The van der Waals surface area contributed by atoms with Gasteiger partial charge in [0.05, 0.1) is 18.0 Å². The zero-order valence-electron chi connectivity index (χ0n) is 32.1. The zero-order valence-corrected chi connectivity index (χ0v) is 35.8. The quantitative estimate of drug-likeness (QED) is 0.0438. The van der Waals surface area contributed by atoms with Gasteiger partial charge in [0.15, 0.2) is 4.84 Å². The number of anilines is 2. The van der Waals surface area contributed by atoms with E-state index in [-0.39, 0.29) is 47.9 Å². The number of carbonyl (C=O) groups excluding carboxylic acids is 5. The maximum atomic E-state index is 12.7. The van der Waals surface area contributed by atoms with Gasteiger partial charge in [-0.15, -0.1) is 24.8 Å². The molecule has 0 spiro atoms. The fourth-order valence-electron chi connectivity index (χ4n) is 5.88. The van der Waals surface area contributed by atoms with E-state index in [1.807, 2.05) is 18.2 Å². The minimum absolute atomic E-state index is 0.0371. The van der Waals surface area contributed by atoms with Crippen molar-refractivity contribution in [3.63, 3.8) is 0 Å². The van der Waals surface area contributed by atoms with E-state index in [4.69, 9.17) is 67.5 Å². The van der Waals surface area contributed by atoms with Crippen molar-refractivity contribution in [3.05, 3.63) is 99.6 Å². The second-order valence-electron chi connectivity index (χ2n) is 12.2. The summed E-state index contributed by atoms with van der Waals surface area (Å²) in [5.41, 5.74) is 5.28. The highest BCUT2D eigenvalue weighted by Crippen LogP contribution is 2.37. The summed E-state index contributed by atoms with van der Waals surface area (Å²) in [6.07, 6.45) is 9.42. The van der Waals surface area contributed by atoms with Crippen LogP contribution in [0.5, 0.6) is 0 Å². The van der Waals surface area contributed by atoms with Crippen LogP contribution in [0.2, 0.25) is 5.02 Å². The van der Waals surface area contributed by atoms with E-state index >= 15 is 0 Å². The molecular weight excluding hydrogens is 824 g/mol. The molecule has 1 aliphatic heterocycles. The van der Waals surface area contributed by atoms with Gasteiger partial charge < -0.3 is 14.4 Å². The van der Waals surface area contributed by atoms with Crippen LogP contribution in [0.1, 0.15) is 63.1 Å². The second-order valence-corrected chi connectivity index (χ2v) is 14.3. The molecule has 56 heavy (non-hydrogen) atoms. The number of para-hydroxylation sites is 1. The fourth-order valence-corrected chi connectivity index (χ4v) is 6.64. The van der Waals surface area contributed by atoms with Crippen LogP contribution < -0.4 is 9.80 Å². The lowest BCUT2D eigenvalue weighted by atomic mass is 9.93. The summed E-state index contributed by atoms with van der Waals surface area (Å²) in [7, 11) is 1.58. The number of carbonyl (C=O) groups is 5. The first-order chi connectivity index (χ1) is 26.8. The number of hydrogen-bond acceptors (Lipinski definition) is 7. The Hall–Kier alpha value is -3.64. The van der Waals surface area contributed by atoms with Gasteiger partial charge in [-0.2, -0.15) is 0 Å². The van der Waals surface area contributed by atoms with Crippen LogP contribution in [-0.4, -0.2) is 78.8 Å². The molecule has 0 bridgehead atoms. The van der Waals surface area contributed by atoms with Gasteiger partial charge in [-0.1, -0.05) is 90.6 Å². The summed E-state index contributed by atoms with van der Waals surface area (Å²) >= 11 is 28.6. The Kier molecular flexibility index (Phi) is 21.5. The van der Waals surface area contributed by atoms with E-state index in [2.05, 4.69) is 27.0 Å². The lowest BCUT2D eigenvalue weighted by molar-refractivity contribution is -0.137. The standard InChI is InChI=1S/C19H17Cl2NO4.C14H20ClNO2.C8H11Cl2NO/c1-2-26-19(25)16(21)10-11-9-12(7-8-15(11)20)22-17(23)13-5-3-4-6-14(13)18(22)24;1-4-11-7-6-8-12(5-2)14(11)16(10-18-3)13(17)9-15;1-3-5-11(6-4-2)8(12)7(9)10/h7-10H,2-6H2,1H3;6-8H,4-5,9-10H2,1-3H3;3-4,7H,1-2,5-6H2/b16-10-;;. The maximum absolute atomic E-state index is 12.7. The number of hydrogen-bond donors (Lipinski definition) is 0. The first-order valence-electron chi connectivity index (χ1n) is 18.0. The van der Waals surface area contributed by atoms with E-state index in [1.54, 1.807) is 49.3 Å². The third-order valence-corrected chi connectivity index (χ3v) is 9.70. The first kappa shape index (κ1) is 48.5. The molecular formula is C41H48Cl5N3O7. The van der Waals surface area contributed by atoms with Crippen LogP contribution in [-0.2, 0) is 46.3 Å². The van der Waals surface area contributed by atoms with E-state index in [9.17, 15) is 24.0 Å². The van der Waals surface area contributed by atoms with Gasteiger partial charge in [0.25, 0.3) is 17.7 Å². The van der Waals surface area contributed by atoms with Crippen molar-refractivity contribution in [1.29, 1.82) is 0 Å². The first-order valence-corrected chi connectivity index (χ1v) is 20.1.